The molecular formula is C15H14N4OS2. The fraction of sp³-hybridized carbons (Fsp3) is 0.133. The van der Waals surface area contributed by atoms with Crippen molar-refractivity contribution < 1.29 is 4.79 Å². The molecule has 3 rings (SSSR count). The summed E-state index contributed by atoms with van der Waals surface area (Å²) in [7, 11) is 1.96. The van der Waals surface area contributed by atoms with Gasteiger partial charge in [0.15, 0.2) is 5.16 Å². The first-order chi connectivity index (χ1) is 10.6. The van der Waals surface area contributed by atoms with Crippen molar-refractivity contribution in [3.63, 3.8) is 0 Å². The Morgan fingerprint density at radius 1 is 1.27 bits per heavy atom. The fourth-order valence-corrected chi connectivity index (χ4v) is 3.37. The number of carbonyl (C=O) groups excluding carboxylic acids is 1. The van der Waals surface area contributed by atoms with Gasteiger partial charge in [0.05, 0.1) is 11.2 Å². The van der Waals surface area contributed by atoms with E-state index in [-0.39, 0.29) is 5.91 Å². The number of imidazole rings is 1. The lowest BCUT2D eigenvalue weighted by Gasteiger charge is -2.06. The maximum absolute atomic E-state index is 12.1. The van der Waals surface area contributed by atoms with Gasteiger partial charge in [0.2, 0.25) is 0 Å². The lowest BCUT2D eigenvalue weighted by atomic mass is 10.3. The van der Waals surface area contributed by atoms with Gasteiger partial charge in [0, 0.05) is 30.0 Å². The summed E-state index contributed by atoms with van der Waals surface area (Å²) in [4.78, 5) is 22.2. The first-order valence-corrected chi connectivity index (χ1v) is 8.30. The number of aromatic nitrogens is 3. The van der Waals surface area contributed by atoms with Crippen LogP contribution in [0.2, 0.25) is 0 Å². The second-order valence-corrected chi connectivity index (χ2v) is 6.56. The quantitative estimate of drug-likeness (QED) is 0.794. The minimum atomic E-state index is -0.121. The van der Waals surface area contributed by atoms with Crippen LogP contribution < -0.4 is 5.32 Å². The summed E-state index contributed by atoms with van der Waals surface area (Å²) in [6.07, 6.45) is 3.68. The Labute approximate surface area is 136 Å². The first-order valence-electron chi connectivity index (χ1n) is 6.60. The highest BCUT2D eigenvalue weighted by Gasteiger charge is 2.11. The molecule has 5 nitrogen and oxygen atoms in total. The molecule has 0 bridgehead atoms. The van der Waals surface area contributed by atoms with E-state index in [0.29, 0.717) is 4.88 Å². The van der Waals surface area contributed by atoms with Gasteiger partial charge in [0.1, 0.15) is 4.88 Å². The molecule has 0 aliphatic heterocycles. The van der Waals surface area contributed by atoms with Crippen LogP contribution in [0.3, 0.4) is 0 Å². The molecule has 0 aliphatic carbocycles. The van der Waals surface area contributed by atoms with Crippen LogP contribution in [0, 0.1) is 6.92 Å². The topological polar surface area (TPSA) is 59.8 Å². The number of anilines is 1. The third-order valence-corrected chi connectivity index (χ3v) is 5.06. The van der Waals surface area contributed by atoms with Gasteiger partial charge >= 0.3 is 0 Å². The minimum absolute atomic E-state index is 0.121. The fourth-order valence-electron chi connectivity index (χ4n) is 1.87. The first kappa shape index (κ1) is 14.8. The molecule has 0 saturated carbocycles. The van der Waals surface area contributed by atoms with E-state index < -0.39 is 0 Å². The smallest absolute Gasteiger partial charge is 0.267 e. The molecule has 1 aromatic carbocycles. The molecule has 2 heterocycles. The predicted molar refractivity (Wildman–Crippen MR) is 88.6 cm³/mol. The number of hydrogen-bond acceptors (Lipinski definition) is 5. The maximum atomic E-state index is 12.1. The van der Waals surface area contributed by atoms with Crippen molar-refractivity contribution in [2.45, 2.75) is 17.0 Å². The van der Waals surface area contributed by atoms with Crippen molar-refractivity contribution >= 4 is 34.7 Å². The third kappa shape index (κ3) is 3.20. The lowest BCUT2D eigenvalue weighted by molar-refractivity contribution is 0.103. The van der Waals surface area contributed by atoms with Gasteiger partial charge in [-0.05, 0) is 31.2 Å². The average molecular weight is 330 g/mol. The minimum Gasteiger partial charge on any atom is -0.329 e. The van der Waals surface area contributed by atoms with E-state index >= 15 is 0 Å². The summed E-state index contributed by atoms with van der Waals surface area (Å²) in [5.74, 6) is -0.121. The van der Waals surface area contributed by atoms with Crippen LogP contribution in [0.15, 0.2) is 52.2 Å². The second-order valence-electron chi connectivity index (χ2n) is 4.67. The van der Waals surface area contributed by atoms with Gasteiger partial charge in [-0.1, -0.05) is 11.8 Å². The molecule has 7 heteroatoms. The van der Waals surface area contributed by atoms with Crippen LogP contribution >= 0.6 is 23.1 Å². The summed E-state index contributed by atoms with van der Waals surface area (Å²) < 4.78 is 1.97. The Hall–Kier alpha value is -2.12. The Morgan fingerprint density at radius 2 is 2.05 bits per heavy atom. The number of hydrogen-bond donors (Lipinski definition) is 1. The summed E-state index contributed by atoms with van der Waals surface area (Å²) in [6, 6.07) is 7.71. The van der Waals surface area contributed by atoms with E-state index in [1.807, 2.05) is 49.0 Å². The van der Waals surface area contributed by atoms with Crippen molar-refractivity contribution in [2.75, 3.05) is 5.32 Å². The van der Waals surface area contributed by atoms with Gasteiger partial charge in [-0.15, -0.1) is 11.3 Å². The summed E-state index contributed by atoms with van der Waals surface area (Å²) >= 11 is 2.93. The Balaban J connectivity index is 1.68. The SMILES string of the molecule is Cc1ncsc1C(=O)Nc1ccc(Sc2nccn2C)cc1. The van der Waals surface area contributed by atoms with Gasteiger partial charge in [0.25, 0.3) is 5.91 Å². The van der Waals surface area contributed by atoms with Crippen molar-refractivity contribution in [3.05, 3.63) is 52.7 Å². The summed E-state index contributed by atoms with van der Waals surface area (Å²) in [5, 5.41) is 3.81. The van der Waals surface area contributed by atoms with Gasteiger partial charge in [-0.3, -0.25) is 4.79 Å². The third-order valence-electron chi connectivity index (χ3n) is 3.05. The molecule has 3 aromatic rings. The molecule has 0 unspecified atom stereocenters. The highest BCUT2D eigenvalue weighted by atomic mass is 32.2. The van der Waals surface area contributed by atoms with E-state index in [1.54, 1.807) is 23.5 Å². The highest BCUT2D eigenvalue weighted by Crippen LogP contribution is 2.27. The lowest BCUT2D eigenvalue weighted by Crippen LogP contribution is -2.11. The van der Waals surface area contributed by atoms with Crippen LogP contribution in [0.1, 0.15) is 15.4 Å². The number of nitrogens with zero attached hydrogens (tertiary/aromatic N) is 3. The number of benzene rings is 1. The van der Waals surface area contributed by atoms with E-state index in [1.165, 1.54) is 11.3 Å². The molecule has 0 aliphatic rings. The van der Waals surface area contributed by atoms with Crippen molar-refractivity contribution in [3.8, 4) is 0 Å². The number of thiazole rings is 1. The van der Waals surface area contributed by atoms with Crippen LogP contribution in [-0.2, 0) is 7.05 Å². The summed E-state index contributed by atoms with van der Waals surface area (Å²) in [5.41, 5.74) is 3.20. The monoisotopic (exact) mass is 330 g/mol. The van der Waals surface area contributed by atoms with E-state index in [4.69, 9.17) is 0 Å². The molecule has 0 fully saturated rings. The number of carbonyl (C=O) groups is 1. The number of aryl methyl sites for hydroxylation is 2. The highest BCUT2D eigenvalue weighted by molar-refractivity contribution is 7.99. The van der Waals surface area contributed by atoms with Crippen LogP contribution in [0.4, 0.5) is 5.69 Å². The number of nitrogens with one attached hydrogen (secondary N) is 1. The summed E-state index contributed by atoms with van der Waals surface area (Å²) in [6.45, 7) is 1.83. The number of rotatable bonds is 4. The van der Waals surface area contributed by atoms with Crippen molar-refractivity contribution in [1.29, 1.82) is 0 Å². The average Bonchev–Trinajstić information content (AvgIpc) is 3.10. The zero-order valence-corrected chi connectivity index (χ0v) is 13.7. The molecule has 112 valence electrons. The zero-order chi connectivity index (χ0) is 15.5. The van der Waals surface area contributed by atoms with E-state index in [2.05, 4.69) is 15.3 Å². The molecule has 2 aromatic heterocycles. The van der Waals surface area contributed by atoms with Crippen LogP contribution in [0.25, 0.3) is 0 Å². The molecular weight excluding hydrogens is 316 g/mol. The van der Waals surface area contributed by atoms with Gasteiger partial charge in [-0.25, -0.2) is 9.97 Å². The molecule has 0 saturated heterocycles. The maximum Gasteiger partial charge on any atom is 0.267 e. The van der Waals surface area contributed by atoms with Crippen LogP contribution in [-0.4, -0.2) is 20.4 Å². The van der Waals surface area contributed by atoms with E-state index in [0.717, 1.165) is 21.4 Å². The standard InChI is InChI=1S/C15H14N4OS2/c1-10-13(21-9-17-10)14(20)18-11-3-5-12(6-4-11)22-15-16-7-8-19(15)2/h3-9H,1-2H3,(H,18,20). The Morgan fingerprint density at radius 3 is 2.64 bits per heavy atom. The van der Waals surface area contributed by atoms with Crippen LogP contribution in [0.5, 0.6) is 0 Å². The molecule has 22 heavy (non-hydrogen) atoms. The normalized spacial score (nSPS) is 10.6. The predicted octanol–water partition coefficient (Wildman–Crippen LogP) is 3.59. The molecule has 0 spiro atoms. The largest absolute Gasteiger partial charge is 0.329 e. The van der Waals surface area contributed by atoms with Crippen molar-refractivity contribution in [1.82, 2.24) is 14.5 Å². The second kappa shape index (κ2) is 6.33. The van der Waals surface area contributed by atoms with E-state index in [9.17, 15) is 4.79 Å². The number of amides is 1. The Kier molecular flexibility index (Phi) is 4.26. The van der Waals surface area contributed by atoms with Crippen molar-refractivity contribution in [2.24, 2.45) is 7.05 Å². The van der Waals surface area contributed by atoms with Gasteiger partial charge < -0.3 is 9.88 Å². The molecule has 0 atom stereocenters. The molecule has 1 amide bonds. The zero-order valence-electron chi connectivity index (χ0n) is 12.1. The molecule has 1 N–H and O–H groups in total. The molecule has 0 radical (unpaired) electrons. The Bertz CT molecular complexity index is 792. The van der Waals surface area contributed by atoms with Gasteiger partial charge in [-0.2, -0.15) is 0 Å².